The van der Waals surface area contributed by atoms with E-state index in [4.69, 9.17) is 0 Å². The molecule has 1 N–H and O–H groups in total. The van der Waals surface area contributed by atoms with Gasteiger partial charge in [-0.25, -0.2) is 13.2 Å². The zero-order valence-electron chi connectivity index (χ0n) is 12.3. The highest BCUT2D eigenvalue weighted by atomic mass is 19.2. The minimum Gasteiger partial charge on any atom is -0.374 e. The number of carbonyl (C=O) groups is 1. The van der Waals surface area contributed by atoms with Gasteiger partial charge in [0.15, 0.2) is 17.5 Å². The number of hydrogen-bond donors (Lipinski definition) is 1. The molecule has 2 aromatic rings. The van der Waals surface area contributed by atoms with Gasteiger partial charge in [0.1, 0.15) is 0 Å². The van der Waals surface area contributed by atoms with E-state index in [1.54, 1.807) is 4.90 Å². The molecule has 0 saturated heterocycles. The van der Waals surface area contributed by atoms with Crippen molar-refractivity contribution in [2.75, 3.05) is 18.4 Å². The summed E-state index contributed by atoms with van der Waals surface area (Å²) < 4.78 is 39.6. The van der Waals surface area contributed by atoms with Crippen molar-refractivity contribution >= 4 is 11.6 Å². The van der Waals surface area contributed by atoms with Crippen LogP contribution < -0.4 is 5.32 Å². The van der Waals surface area contributed by atoms with Gasteiger partial charge in [0.25, 0.3) is 0 Å². The molecule has 3 rings (SSSR count). The number of nitrogens with zero attached hydrogens (tertiary/aromatic N) is 1. The molecule has 2 aromatic carbocycles. The predicted octanol–water partition coefficient (Wildman–Crippen LogP) is 3.10. The van der Waals surface area contributed by atoms with Crippen LogP contribution in [0.4, 0.5) is 18.9 Å². The van der Waals surface area contributed by atoms with Gasteiger partial charge in [-0.1, -0.05) is 24.3 Å². The first-order valence-corrected chi connectivity index (χ1v) is 7.28. The van der Waals surface area contributed by atoms with Gasteiger partial charge in [0, 0.05) is 13.1 Å². The average Bonchev–Trinajstić information content (AvgIpc) is 2.58. The van der Waals surface area contributed by atoms with Gasteiger partial charge in [0.2, 0.25) is 5.91 Å². The molecule has 0 spiro atoms. The number of anilines is 1. The Hall–Kier alpha value is -2.50. The van der Waals surface area contributed by atoms with Crippen molar-refractivity contribution in [2.24, 2.45) is 0 Å². The van der Waals surface area contributed by atoms with Crippen LogP contribution in [-0.2, 0) is 17.8 Å². The highest BCUT2D eigenvalue weighted by Crippen LogP contribution is 2.21. The fraction of sp³-hybridized carbons (Fsp3) is 0.235. The zero-order valence-corrected chi connectivity index (χ0v) is 12.3. The molecule has 1 amide bonds. The number of fused-ring (bicyclic) bond motifs is 1. The Bertz CT molecular complexity index is 749. The smallest absolute Gasteiger partial charge is 0.242 e. The normalized spacial score (nSPS) is 13.6. The molecule has 3 nitrogen and oxygen atoms in total. The second-order valence-electron chi connectivity index (χ2n) is 5.41. The van der Waals surface area contributed by atoms with Crippen LogP contribution >= 0.6 is 0 Å². The Kier molecular flexibility index (Phi) is 4.23. The topological polar surface area (TPSA) is 32.3 Å². The summed E-state index contributed by atoms with van der Waals surface area (Å²) in [5.41, 5.74) is 2.08. The van der Waals surface area contributed by atoms with Crippen LogP contribution in [0, 0.1) is 17.5 Å². The maximum atomic E-state index is 13.5. The maximum Gasteiger partial charge on any atom is 0.242 e. The summed E-state index contributed by atoms with van der Waals surface area (Å²) in [6, 6.07) is 9.78. The van der Waals surface area contributed by atoms with E-state index in [1.807, 2.05) is 24.3 Å². The Labute approximate surface area is 131 Å². The van der Waals surface area contributed by atoms with Gasteiger partial charge in [-0.15, -0.1) is 0 Å². The molecule has 23 heavy (non-hydrogen) atoms. The van der Waals surface area contributed by atoms with Crippen LogP contribution in [0.5, 0.6) is 0 Å². The number of halogens is 3. The summed E-state index contributed by atoms with van der Waals surface area (Å²) in [6.45, 7) is 0.902. The number of hydrogen-bond acceptors (Lipinski definition) is 2. The van der Waals surface area contributed by atoms with Gasteiger partial charge in [-0.3, -0.25) is 4.79 Å². The Balaban J connectivity index is 1.64. The second kappa shape index (κ2) is 6.32. The first kappa shape index (κ1) is 15.4. The van der Waals surface area contributed by atoms with Crippen molar-refractivity contribution in [3.63, 3.8) is 0 Å². The molecule has 1 heterocycles. The van der Waals surface area contributed by atoms with E-state index in [9.17, 15) is 18.0 Å². The number of rotatable bonds is 3. The van der Waals surface area contributed by atoms with E-state index >= 15 is 0 Å². The molecular weight excluding hydrogens is 305 g/mol. The van der Waals surface area contributed by atoms with Crippen LogP contribution in [-0.4, -0.2) is 23.9 Å². The summed E-state index contributed by atoms with van der Waals surface area (Å²) >= 11 is 0. The molecule has 0 radical (unpaired) electrons. The molecular formula is C17H15F3N2O. The molecule has 0 aromatic heterocycles. The maximum absolute atomic E-state index is 13.5. The molecule has 1 aliphatic rings. The molecule has 0 atom stereocenters. The van der Waals surface area contributed by atoms with Crippen molar-refractivity contribution in [1.29, 1.82) is 0 Å². The Morgan fingerprint density at radius 2 is 1.78 bits per heavy atom. The van der Waals surface area contributed by atoms with E-state index < -0.39 is 17.5 Å². The van der Waals surface area contributed by atoms with Crippen molar-refractivity contribution in [3.05, 3.63) is 65.0 Å². The summed E-state index contributed by atoms with van der Waals surface area (Å²) in [6.07, 6.45) is 0.765. The summed E-state index contributed by atoms with van der Waals surface area (Å²) in [5, 5.41) is 2.53. The number of carbonyl (C=O) groups excluding carboxylic acids is 1. The van der Waals surface area contributed by atoms with E-state index in [0.29, 0.717) is 13.1 Å². The lowest BCUT2D eigenvalue weighted by Gasteiger charge is -2.29. The third-order valence-corrected chi connectivity index (χ3v) is 3.95. The molecule has 0 fully saturated rings. The molecule has 0 aliphatic carbocycles. The van der Waals surface area contributed by atoms with Crippen LogP contribution in [0.25, 0.3) is 0 Å². The summed E-state index contributed by atoms with van der Waals surface area (Å²) in [4.78, 5) is 13.9. The third kappa shape index (κ3) is 3.16. The quantitative estimate of drug-likeness (QED) is 0.882. The fourth-order valence-electron chi connectivity index (χ4n) is 2.65. The summed E-state index contributed by atoms with van der Waals surface area (Å²) in [7, 11) is 0. The minimum atomic E-state index is -1.55. The lowest BCUT2D eigenvalue weighted by atomic mass is 10.00. The molecule has 120 valence electrons. The predicted molar refractivity (Wildman–Crippen MR) is 80.4 cm³/mol. The third-order valence-electron chi connectivity index (χ3n) is 3.95. The van der Waals surface area contributed by atoms with E-state index in [0.717, 1.165) is 24.1 Å². The molecule has 6 heteroatoms. The van der Waals surface area contributed by atoms with Crippen molar-refractivity contribution in [1.82, 2.24) is 4.90 Å². The number of benzene rings is 2. The SMILES string of the molecule is O=C(CNc1ccc(F)c(F)c1F)N1CCc2ccccc2C1. The molecule has 0 unspecified atom stereocenters. The summed E-state index contributed by atoms with van der Waals surface area (Å²) in [5.74, 6) is -4.34. The largest absolute Gasteiger partial charge is 0.374 e. The Morgan fingerprint density at radius 3 is 2.57 bits per heavy atom. The zero-order chi connectivity index (χ0) is 16.4. The lowest BCUT2D eigenvalue weighted by molar-refractivity contribution is -0.130. The monoisotopic (exact) mass is 320 g/mol. The van der Waals surface area contributed by atoms with Crippen LogP contribution in [0.1, 0.15) is 11.1 Å². The van der Waals surface area contributed by atoms with E-state index in [2.05, 4.69) is 5.32 Å². The first-order valence-electron chi connectivity index (χ1n) is 7.28. The van der Waals surface area contributed by atoms with Gasteiger partial charge >= 0.3 is 0 Å². The van der Waals surface area contributed by atoms with Crippen LogP contribution in [0.2, 0.25) is 0 Å². The number of amides is 1. The molecule has 0 saturated carbocycles. The average molecular weight is 320 g/mol. The highest BCUT2D eigenvalue weighted by Gasteiger charge is 2.21. The van der Waals surface area contributed by atoms with Crippen LogP contribution in [0.15, 0.2) is 36.4 Å². The first-order chi connectivity index (χ1) is 11.1. The minimum absolute atomic E-state index is 0.176. The van der Waals surface area contributed by atoms with Gasteiger partial charge in [-0.05, 0) is 29.7 Å². The lowest BCUT2D eigenvalue weighted by Crippen LogP contribution is -2.39. The van der Waals surface area contributed by atoms with Gasteiger partial charge < -0.3 is 10.2 Å². The van der Waals surface area contributed by atoms with E-state index in [-0.39, 0.29) is 18.1 Å². The van der Waals surface area contributed by atoms with Crippen molar-refractivity contribution in [3.8, 4) is 0 Å². The van der Waals surface area contributed by atoms with Crippen LogP contribution in [0.3, 0.4) is 0 Å². The molecule has 1 aliphatic heterocycles. The fourth-order valence-corrected chi connectivity index (χ4v) is 2.65. The molecule has 0 bridgehead atoms. The van der Waals surface area contributed by atoms with Gasteiger partial charge in [0.05, 0.1) is 12.2 Å². The number of nitrogens with one attached hydrogen (secondary N) is 1. The highest BCUT2D eigenvalue weighted by molar-refractivity contribution is 5.81. The Morgan fingerprint density at radius 1 is 1.04 bits per heavy atom. The second-order valence-corrected chi connectivity index (χ2v) is 5.41. The van der Waals surface area contributed by atoms with Gasteiger partial charge in [-0.2, -0.15) is 0 Å². The van der Waals surface area contributed by atoms with Crippen molar-refractivity contribution < 1.29 is 18.0 Å². The standard InChI is InChI=1S/C17H15F3N2O/c18-13-5-6-14(17(20)16(13)19)21-9-15(23)22-8-7-11-3-1-2-4-12(11)10-22/h1-6,21H,7-10H2. The van der Waals surface area contributed by atoms with Crippen molar-refractivity contribution in [2.45, 2.75) is 13.0 Å². The van der Waals surface area contributed by atoms with E-state index in [1.165, 1.54) is 5.56 Å².